The van der Waals surface area contributed by atoms with Gasteiger partial charge in [-0.3, -0.25) is 9.59 Å². The van der Waals surface area contributed by atoms with Gasteiger partial charge < -0.3 is 5.32 Å². The second-order valence-electron chi connectivity index (χ2n) is 7.75. The minimum atomic E-state index is 0.0501. The zero-order chi connectivity index (χ0) is 16.5. The molecule has 1 N–H and O–H groups in total. The van der Waals surface area contributed by atoms with Crippen LogP contribution in [-0.4, -0.2) is 21.7 Å². The molecule has 0 aliphatic heterocycles. The summed E-state index contributed by atoms with van der Waals surface area (Å²) in [6.45, 7) is 0. The minimum absolute atomic E-state index is 0.0501. The van der Waals surface area contributed by atoms with Gasteiger partial charge >= 0.3 is 0 Å². The smallest absolute Gasteiger partial charge is 0.267 e. The van der Waals surface area contributed by atoms with Crippen LogP contribution in [0.25, 0.3) is 0 Å². The van der Waals surface area contributed by atoms with E-state index in [9.17, 15) is 9.59 Å². The van der Waals surface area contributed by atoms with E-state index in [-0.39, 0.29) is 29.5 Å². The zero-order valence-corrected chi connectivity index (χ0v) is 14.3. The second-order valence-corrected chi connectivity index (χ2v) is 7.75. The molecule has 2 fully saturated rings. The number of hydrogen-bond acceptors (Lipinski definition) is 3. The van der Waals surface area contributed by atoms with Crippen molar-refractivity contribution in [3.63, 3.8) is 0 Å². The topological polar surface area (TPSA) is 64.0 Å². The summed E-state index contributed by atoms with van der Waals surface area (Å²) < 4.78 is 1.72. The number of nitrogens with zero attached hydrogens (tertiary/aromatic N) is 2. The van der Waals surface area contributed by atoms with E-state index in [0.717, 1.165) is 69.0 Å². The third kappa shape index (κ3) is 3.13. The average molecular weight is 329 g/mol. The minimum Gasteiger partial charge on any atom is -0.353 e. The Morgan fingerprint density at radius 2 is 1.79 bits per heavy atom. The standard InChI is InChI=1S/C19H27N3O2/c23-18-12-14-6-3-7-17(14)21-22(18)16-10-8-15(9-11-16)20-19(24)13-4-1-2-5-13/h12-13,15-16H,1-11H2,(H,20,24). The highest BCUT2D eigenvalue weighted by Crippen LogP contribution is 2.29. The maximum absolute atomic E-state index is 12.3. The first-order chi connectivity index (χ1) is 11.7. The van der Waals surface area contributed by atoms with Crippen LogP contribution in [0.4, 0.5) is 0 Å². The van der Waals surface area contributed by atoms with Crippen molar-refractivity contribution in [2.75, 3.05) is 0 Å². The molecule has 0 aromatic carbocycles. The van der Waals surface area contributed by atoms with Crippen LogP contribution >= 0.6 is 0 Å². The van der Waals surface area contributed by atoms with E-state index >= 15 is 0 Å². The summed E-state index contributed by atoms with van der Waals surface area (Å²) in [6.07, 6.45) is 11.4. The molecular weight excluding hydrogens is 302 g/mol. The van der Waals surface area contributed by atoms with Crippen molar-refractivity contribution < 1.29 is 4.79 Å². The van der Waals surface area contributed by atoms with E-state index in [4.69, 9.17) is 0 Å². The molecule has 0 bridgehead atoms. The third-order valence-corrected chi connectivity index (χ3v) is 6.10. The fraction of sp³-hybridized carbons (Fsp3) is 0.737. The molecule has 0 spiro atoms. The quantitative estimate of drug-likeness (QED) is 0.927. The Hall–Kier alpha value is -1.65. The van der Waals surface area contributed by atoms with Gasteiger partial charge in [-0.2, -0.15) is 5.10 Å². The van der Waals surface area contributed by atoms with Gasteiger partial charge in [-0.25, -0.2) is 4.68 Å². The average Bonchev–Trinajstić information content (AvgIpc) is 3.26. The number of aryl methyl sites for hydroxylation is 2. The normalized spacial score (nSPS) is 27.2. The molecule has 3 aliphatic carbocycles. The first kappa shape index (κ1) is 15.9. The number of fused-ring (bicyclic) bond motifs is 1. The van der Waals surface area contributed by atoms with Crippen molar-refractivity contribution in [3.8, 4) is 0 Å². The lowest BCUT2D eigenvalue weighted by atomic mass is 9.90. The molecule has 1 amide bonds. The van der Waals surface area contributed by atoms with Crippen molar-refractivity contribution in [1.82, 2.24) is 15.1 Å². The van der Waals surface area contributed by atoms with Gasteiger partial charge in [0.1, 0.15) is 0 Å². The molecule has 0 saturated heterocycles. The maximum Gasteiger partial charge on any atom is 0.267 e. The van der Waals surface area contributed by atoms with Gasteiger partial charge in [0.05, 0.1) is 11.7 Å². The van der Waals surface area contributed by atoms with Crippen LogP contribution < -0.4 is 10.9 Å². The molecule has 3 aliphatic rings. The van der Waals surface area contributed by atoms with E-state index in [1.165, 1.54) is 12.8 Å². The SMILES string of the molecule is O=C(NC1CCC(n2nc3c(cc2=O)CCC3)CC1)C1CCCC1. The summed E-state index contributed by atoms with van der Waals surface area (Å²) in [5, 5.41) is 7.88. The van der Waals surface area contributed by atoms with Gasteiger partial charge in [0, 0.05) is 18.0 Å². The van der Waals surface area contributed by atoms with Crippen molar-refractivity contribution in [2.24, 2.45) is 5.92 Å². The predicted octanol–water partition coefficient (Wildman–Crippen LogP) is 2.52. The molecule has 1 aromatic heterocycles. The lowest BCUT2D eigenvalue weighted by Gasteiger charge is -2.30. The molecule has 130 valence electrons. The molecule has 0 unspecified atom stereocenters. The molecule has 5 nitrogen and oxygen atoms in total. The monoisotopic (exact) mass is 329 g/mol. The van der Waals surface area contributed by atoms with Crippen LogP contribution in [0.15, 0.2) is 10.9 Å². The highest BCUT2D eigenvalue weighted by atomic mass is 16.2. The zero-order valence-electron chi connectivity index (χ0n) is 14.3. The van der Waals surface area contributed by atoms with Crippen LogP contribution in [0.2, 0.25) is 0 Å². The Morgan fingerprint density at radius 1 is 1.04 bits per heavy atom. The summed E-state index contributed by atoms with van der Waals surface area (Å²) in [4.78, 5) is 24.6. The van der Waals surface area contributed by atoms with Crippen molar-refractivity contribution >= 4 is 5.91 Å². The molecule has 5 heteroatoms. The highest BCUT2D eigenvalue weighted by Gasteiger charge is 2.29. The van der Waals surface area contributed by atoms with Gasteiger partial charge in [0.15, 0.2) is 0 Å². The van der Waals surface area contributed by atoms with E-state index in [1.807, 2.05) is 0 Å². The number of rotatable bonds is 3. The van der Waals surface area contributed by atoms with E-state index in [1.54, 1.807) is 10.7 Å². The lowest BCUT2D eigenvalue weighted by molar-refractivity contribution is -0.125. The summed E-state index contributed by atoms with van der Waals surface area (Å²) in [7, 11) is 0. The summed E-state index contributed by atoms with van der Waals surface area (Å²) >= 11 is 0. The Labute approximate surface area is 142 Å². The third-order valence-electron chi connectivity index (χ3n) is 6.10. The first-order valence-electron chi connectivity index (χ1n) is 9.62. The molecule has 24 heavy (non-hydrogen) atoms. The first-order valence-corrected chi connectivity index (χ1v) is 9.62. The Bertz CT molecular complexity index is 668. The Kier molecular flexibility index (Phi) is 4.42. The fourth-order valence-electron chi connectivity index (χ4n) is 4.65. The largest absolute Gasteiger partial charge is 0.353 e. The maximum atomic E-state index is 12.3. The van der Waals surface area contributed by atoms with Crippen LogP contribution in [0, 0.1) is 5.92 Å². The van der Waals surface area contributed by atoms with Crippen LogP contribution in [-0.2, 0) is 17.6 Å². The van der Waals surface area contributed by atoms with Gasteiger partial charge in [-0.05, 0) is 63.4 Å². The Morgan fingerprint density at radius 3 is 2.54 bits per heavy atom. The van der Waals surface area contributed by atoms with Gasteiger partial charge in [0.25, 0.3) is 5.56 Å². The predicted molar refractivity (Wildman–Crippen MR) is 91.9 cm³/mol. The fourth-order valence-corrected chi connectivity index (χ4v) is 4.65. The second kappa shape index (κ2) is 6.69. The van der Waals surface area contributed by atoms with Crippen LogP contribution in [0.5, 0.6) is 0 Å². The molecule has 2 saturated carbocycles. The number of carbonyl (C=O) groups excluding carboxylic acids is 1. The number of hydrogen-bond donors (Lipinski definition) is 1. The molecule has 0 atom stereocenters. The molecule has 0 radical (unpaired) electrons. The van der Waals surface area contributed by atoms with E-state index in [2.05, 4.69) is 10.4 Å². The van der Waals surface area contributed by atoms with E-state index < -0.39 is 0 Å². The van der Waals surface area contributed by atoms with Gasteiger partial charge in [-0.15, -0.1) is 0 Å². The highest BCUT2D eigenvalue weighted by molar-refractivity contribution is 5.79. The summed E-state index contributed by atoms with van der Waals surface area (Å²) in [5.74, 6) is 0.493. The van der Waals surface area contributed by atoms with Crippen LogP contribution in [0.1, 0.15) is 75.1 Å². The summed E-state index contributed by atoms with van der Waals surface area (Å²) in [6, 6.07) is 2.27. The Balaban J connectivity index is 1.36. The molecule has 4 rings (SSSR count). The van der Waals surface area contributed by atoms with Crippen molar-refractivity contribution in [1.29, 1.82) is 0 Å². The number of nitrogens with one attached hydrogen (secondary N) is 1. The van der Waals surface area contributed by atoms with Crippen LogP contribution in [0.3, 0.4) is 0 Å². The van der Waals surface area contributed by atoms with E-state index in [0.29, 0.717) is 0 Å². The van der Waals surface area contributed by atoms with Crippen molar-refractivity contribution in [2.45, 2.75) is 82.7 Å². The molecular formula is C19H27N3O2. The lowest BCUT2D eigenvalue weighted by Crippen LogP contribution is -2.41. The number of amides is 1. The summed E-state index contributed by atoms with van der Waals surface area (Å²) in [5.41, 5.74) is 2.31. The number of carbonyl (C=O) groups is 1. The number of aromatic nitrogens is 2. The van der Waals surface area contributed by atoms with Crippen molar-refractivity contribution in [3.05, 3.63) is 27.7 Å². The molecule has 1 aromatic rings. The van der Waals surface area contributed by atoms with Gasteiger partial charge in [0.2, 0.25) is 5.91 Å². The van der Waals surface area contributed by atoms with Gasteiger partial charge in [-0.1, -0.05) is 12.8 Å². The molecule has 1 heterocycles.